The number of nitrogens with zero attached hydrogens (tertiary/aromatic N) is 1. The Balaban J connectivity index is 1.94. The topological polar surface area (TPSA) is 162 Å². The Hall–Kier alpha value is -5.06. The number of hydrogen-bond acceptors (Lipinski definition) is 8. The van der Waals surface area contributed by atoms with Gasteiger partial charge in [-0.15, -0.1) is 0 Å². The second-order valence-electron chi connectivity index (χ2n) is 8.03. The summed E-state index contributed by atoms with van der Waals surface area (Å²) in [6, 6.07) is 17.1. The van der Waals surface area contributed by atoms with E-state index in [-0.39, 0.29) is 22.5 Å². The number of carboxylic acids is 1. The zero-order valence-corrected chi connectivity index (χ0v) is 19.7. The summed E-state index contributed by atoms with van der Waals surface area (Å²) in [7, 11) is 0. The number of hydrogen-bond donors (Lipinski definition) is 2. The van der Waals surface area contributed by atoms with Gasteiger partial charge in [0.1, 0.15) is 0 Å². The van der Waals surface area contributed by atoms with Crippen LogP contribution in [0.1, 0.15) is 31.8 Å². The highest BCUT2D eigenvalue weighted by molar-refractivity contribution is 6.01. The molecule has 37 heavy (non-hydrogen) atoms. The molecule has 0 aliphatic heterocycles. The number of aryl methyl sites for hydroxylation is 2. The number of benzene rings is 3. The van der Waals surface area contributed by atoms with Gasteiger partial charge in [0.15, 0.2) is 0 Å². The minimum absolute atomic E-state index is 0.0223. The second kappa shape index (κ2) is 11.6. The molecule has 11 nitrogen and oxygen atoms in total. The van der Waals surface area contributed by atoms with Crippen molar-refractivity contribution in [3.8, 4) is 0 Å². The molecule has 0 fully saturated rings. The van der Waals surface area contributed by atoms with E-state index in [4.69, 9.17) is 9.47 Å². The molecule has 11 heteroatoms. The van der Waals surface area contributed by atoms with Crippen molar-refractivity contribution >= 4 is 35.2 Å². The fourth-order valence-corrected chi connectivity index (χ4v) is 3.32. The van der Waals surface area contributed by atoms with E-state index in [1.165, 1.54) is 42.5 Å². The molecule has 0 radical (unpaired) electrons. The summed E-state index contributed by atoms with van der Waals surface area (Å²) in [6.07, 6.45) is -4.38. The van der Waals surface area contributed by atoms with Crippen molar-refractivity contribution < 1.29 is 38.7 Å². The SMILES string of the molecule is Cc1cccc(C(=O)O[C@H](C(=O)O)[C@@H](OC(=O)c2cccc(C)c2)C(=O)Nc2cccc([N+](=O)[O-])c2)c1. The number of ether oxygens (including phenoxy) is 2. The molecule has 0 aliphatic rings. The van der Waals surface area contributed by atoms with Crippen molar-refractivity contribution in [2.45, 2.75) is 26.1 Å². The van der Waals surface area contributed by atoms with Gasteiger partial charge in [0.25, 0.3) is 11.6 Å². The van der Waals surface area contributed by atoms with Crippen molar-refractivity contribution in [1.82, 2.24) is 0 Å². The lowest BCUT2D eigenvalue weighted by Gasteiger charge is -2.23. The second-order valence-corrected chi connectivity index (χ2v) is 8.03. The fraction of sp³-hybridized carbons (Fsp3) is 0.154. The minimum atomic E-state index is -2.24. The van der Waals surface area contributed by atoms with E-state index in [2.05, 4.69) is 5.32 Å². The molecule has 0 saturated carbocycles. The Morgan fingerprint density at radius 3 is 1.81 bits per heavy atom. The Morgan fingerprint density at radius 2 is 1.32 bits per heavy atom. The van der Waals surface area contributed by atoms with Gasteiger partial charge in [-0.1, -0.05) is 41.5 Å². The number of carbonyl (C=O) groups excluding carboxylic acids is 3. The number of carbonyl (C=O) groups is 4. The van der Waals surface area contributed by atoms with E-state index in [0.29, 0.717) is 11.1 Å². The summed E-state index contributed by atoms with van der Waals surface area (Å²) in [5, 5.41) is 23.2. The van der Waals surface area contributed by atoms with Gasteiger partial charge in [-0.3, -0.25) is 14.9 Å². The molecule has 0 aliphatic carbocycles. The third kappa shape index (κ3) is 6.98. The van der Waals surface area contributed by atoms with Crippen LogP contribution in [0.15, 0.2) is 72.8 Å². The summed E-state index contributed by atoms with van der Waals surface area (Å²) < 4.78 is 10.4. The van der Waals surface area contributed by atoms with Crippen LogP contribution in [-0.2, 0) is 19.1 Å². The summed E-state index contributed by atoms with van der Waals surface area (Å²) >= 11 is 0. The van der Waals surface area contributed by atoms with E-state index in [9.17, 15) is 34.4 Å². The average Bonchev–Trinajstić information content (AvgIpc) is 2.85. The highest BCUT2D eigenvalue weighted by Gasteiger charge is 2.41. The van der Waals surface area contributed by atoms with Crippen molar-refractivity contribution in [1.29, 1.82) is 0 Å². The number of non-ortho nitro benzene ring substituents is 1. The number of anilines is 1. The monoisotopic (exact) mass is 506 g/mol. The Morgan fingerprint density at radius 1 is 0.811 bits per heavy atom. The van der Waals surface area contributed by atoms with Crippen LogP contribution in [0.4, 0.5) is 11.4 Å². The van der Waals surface area contributed by atoms with Gasteiger partial charge >= 0.3 is 17.9 Å². The van der Waals surface area contributed by atoms with Crippen molar-refractivity contribution in [3.63, 3.8) is 0 Å². The number of esters is 2. The van der Waals surface area contributed by atoms with Crippen molar-refractivity contribution in [2.24, 2.45) is 0 Å². The molecular weight excluding hydrogens is 484 g/mol. The van der Waals surface area contributed by atoms with Crippen LogP contribution in [0.2, 0.25) is 0 Å². The fourth-order valence-electron chi connectivity index (χ4n) is 3.32. The Kier molecular flexibility index (Phi) is 8.31. The first-order chi connectivity index (χ1) is 17.5. The Labute approximate surface area is 210 Å². The highest BCUT2D eigenvalue weighted by Crippen LogP contribution is 2.20. The first-order valence-corrected chi connectivity index (χ1v) is 10.9. The van der Waals surface area contributed by atoms with Gasteiger partial charge in [-0.25, -0.2) is 14.4 Å². The molecule has 0 heterocycles. The Bertz CT molecular complexity index is 1370. The summed E-state index contributed by atoms with van der Waals surface area (Å²) in [5.74, 6) is -5.03. The van der Waals surface area contributed by atoms with Crippen LogP contribution >= 0.6 is 0 Å². The van der Waals surface area contributed by atoms with Gasteiger partial charge in [-0.05, 0) is 44.2 Å². The smallest absolute Gasteiger partial charge is 0.349 e. The number of nitro benzene ring substituents is 1. The van der Waals surface area contributed by atoms with Gasteiger partial charge in [0, 0.05) is 17.8 Å². The van der Waals surface area contributed by atoms with Gasteiger partial charge < -0.3 is 19.9 Å². The number of aliphatic carboxylic acids is 1. The van der Waals surface area contributed by atoms with E-state index >= 15 is 0 Å². The first-order valence-electron chi connectivity index (χ1n) is 10.9. The van der Waals surface area contributed by atoms with E-state index in [1.807, 2.05) is 0 Å². The molecule has 3 aromatic rings. The van der Waals surface area contributed by atoms with E-state index in [0.717, 1.165) is 6.07 Å². The maximum atomic E-state index is 13.1. The quantitative estimate of drug-likeness (QED) is 0.250. The van der Waals surface area contributed by atoms with E-state index < -0.39 is 40.9 Å². The lowest BCUT2D eigenvalue weighted by Crippen LogP contribution is -2.48. The maximum Gasteiger partial charge on any atom is 0.349 e. The molecule has 3 aromatic carbocycles. The molecule has 0 bridgehead atoms. The lowest BCUT2D eigenvalue weighted by molar-refractivity contribution is -0.384. The number of nitro groups is 1. The summed E-state index contributed by atoms with van der Waals surface area (Å²) in [4.78, 5) is 61.1. The third-order valence-corrected chi connectivity index (χ3v) is 5.08. The molecule has 190 valence electrons. The van der Waals surface area contributed by atoms with Crippen LogP contribution < -0.4 is 5.32 Å². The predicted octanol–water partition coefficient (Wildman–Crippen LogP) is 3.69. The van der Waals surface area contributed by atoms with Crippen LogP contribution in [0.25, 0.3) is 0 Å². The molecule has 0 spiro atoms. The van der Waals surface area contributed by atoms with Crippen LogP contribution in [0.5, 0.6) is 0 Å². The molecule has 0 aromatic heterocycles. The number of carboxylic acid groups (broad SMARTS) is 1. The lowest BCUT2D eigenvalue weighted by atomic mass is 10.1. The highest BCUT2D eigenvalue weighted by atomic mass is 16.6. The number of rotatable bonds is 9. The van der Waals surface area contributed by atoms with Gasteiger partial charge in [-0.2, -0.15) is 0 Å². The molecular formula is C26H22N2O9. The molecule has 0 saturated heterocycles. The number of amides is 1. The van der Waals surface area contributed by atoms with Crippen LogP contribution in [0, 0.1) is 24.0 Å². The third-order valence-electron chi connectivity index (χ3n) is 5.08. The maximum absolute atomic E-state index is 13.1. The zero-order valence-electron chi connectivity index (χ0n) is 19.7. The normalized spacial score (nSPS) is 12.1. The molecule has 2 atom stereocenters. The van der Waals surface area contributed by atoms with Crippen molar-refractivity contribution in [3.05, 3.63) is 105 Å². The van der Waals surface area contributed by atoms with Gasteiger partial charge in [0.05, 0.1) is 16.1 Å². The molecule has 0 unspecified atom stereocenters. The summed E-state index contributed by atoms with van der Waals surface area (Å²) in [6.45, 7) is 3.43. The standard InChI is InChI=1S/C26H22N2O9/c1-15-6-3-8-17(12-15)25(32)36-21(23(29)27-19-10-5-11-20(14-19)28(34)35)22(24(30)31)37-26(33)18-9-4-7-16(2)13-18/h3-14,21-22H,1-2H3,(H,27,29)(H,30,31)/t21-,22+/m1/s1. The summed E-state index contributed by atoms with van der Waals surface area (Å²) in [5.41, 5.74) is 1.05. The number of nitrogens with one attached hydrogen (secondary N) is 1. The molecule has 2 N–H and O–H groups in total. The first kappa shape index (κ1) is 26.5. The molecule has 3 rings (SSSR count). The minimum Gasteiger partial charge on any atom is -0.478 e. The van der Waals surface area contributed by atoms with Gasteiger partial charge in [0.2, 0.25) is 12.2 Å². The van der Waals surface area contributed by atoms with Crippen LogP contribution in [-0.4, -0.2) is 46.1 Å². The largest absolute Gasteiger partial charge is 0.478 e. The zero-order chi connectivity index (χ0) is 27.1. The van der Waals surface area contributed by atoms with Crippen molar-refractivity contribution in [2.75, 3.05) is 5.32 Å². The van der Waals surface area contributed by atoms with Crippen LogP contribution in [0.3, 0.4) is 0 Å². The van der Waals surface area contributed by atoms with E-state index in [1.54, 1.807) is 38.1 Å². The molecule has 1 amide bonds. The predicted molar refractivity (Wildman–Crippen MR) is 130 cm³/mol. The average molecular weight is 506 g/mol.